The van der Waals surface area contributed by atoms with Crippen LogP contribution in [0.15, 0.2) is 18.2 Å². The molecule has 1 aromatic rings. The quantitative estimate of drug-likeness (QED) is 0.654. The molecule has 0 aliphatic rings. The fourth-order valence-corrected chi connectivity index (χ4v) is 1.92. The molecule has 0 heterocycles. The van der Waals surface area contributed by atoms with Gasteiger partial charge in [-0.1, -0.05) is 52.3 Å². The Labute approximate surface area is 88.4 Å². The van der Waals surface area contributed by atoms with Gasteiger partial charge in [0.1, 0.15) is 0 Å². The van der Waals surface area contributed by atoms with Crippen LogP contribution in [0.3, 0.4) is 0 Å². The fourth-order valence-electron chi connectivity index (χ4n) is 1.92. The molecule has 0 nitrogen and oxygen atoms in total. The van der Waals surface area contributed by atoms with Crippen molar-refractivity contribution in [2.24, 2.45) is 0 Å². The molecular weight excluding hydrogens is 168 g/mol. The van der Waals surface area contributed by atoms with Crippen LogP contribution in [0.5, 0.6) is 0 Å². The molecule has 14 heavy (non-hydrogen) atoms. The summed E-state index contributed by atoms with van der Waals surface area (Å²) in [6.07, 6.45) is 2.43. The van der Waals surface area contributed by atoms with Gasteiger partial charge in [-0.05, 0) is 35.4 Å². The summed E-state index contributed by atoms with van der Waals surface area (Å²) in [7, 11) is 0. The van der Waals surface area contributed by atoms with Crippen LogP contribution in [0, 0.1) is 6.92 Å². The minimum atomic E-state index is 0.272. The summed E-state index contributed by atoms with van der Waals surface area (Å²) in [6, 6.07) is 6.89. The highest BCUT2D eigenvalue weighted by Crippen LogP contribution is 2.26. The maximum Gasteiger partial charge on any atom is -0.0129 e. The minimum Gasteiger partial charge on any atom is -0.0651 e. The molecule has 0 fully saturated rings. The summed E-state index contributed by atoms with van der Waals surface area (Å²) in [5, 5.41) is 0. The molecule has 0 saturated carbocycles. The van der Waals surface area contributed by atoms with Gasteiger partial charge in [0.2, 0.25) is 0 Å². The van der Waals surface area contributed by atoms with Crippen molar-refractivity contribution in [1.82, 2.24) is 0 Å². The van der Waals surface area contributed by atoms with Crippen molar-refractivity contribution in [3.8, 4) is 0 Å². The smallest absolute Gasteiger partial charge is 0.0129 e. The van der Waals surface area contributed by atoms with Gasteiger partial charge in [0.15, 0.2) is 0 Å². The molecule has 1 rings (SSSR count). The fraction of sp³-hybridized carbons (Fsp3) is 0.571. The highest BCUT2D eigenvalue weighted by molar-refractivity contribution is 5.35. The Hall–Kier alpha value is -0.780. The summed E-state index contributed by atoms with van der Waals surface area (Å²) in [6.45, 7) is 11.3. The average molecular weight is 190 g/mol. The van der Waals surface area contributed by atoms with Crippen molar-refractivity contribution in [2.45, 2.75) is 52.9 Å². The Bertz CT molecular complexity index is 302. The molecule has 0 unspecified atom stereocenters. The minimum absolute atomic E-state index is 0.272. The van der Waals surface area contributed by atoms with E-state index in [1.54, 1.807) is 0 Å². The molecule has 0 aliphatic carbocycles. The van der Waals surface area contributed by atoms with Crippen molar-refractivity contribution in [3.63, 3.8) is 0 Å². The summed E-state index contributed by atoms with van der Waals surface area (Å²) >= 11 is 0. The number of rotatable bonds is 2. The topological polar surface area (TPSA) is 0 Å². The van der Waals surface area contributed by atoms with Crippen molar-refractivity contribution in [1.29, 1.82) is 0 Å². The molecule has 0 spiro atoms. The lowest BCUT2D eigenvalue weighted by Crippen LogP contribution is -2.13. The molecule has 0 bridgehead atoms. The zero-order chi connectivity index (χ0) is 10.8. The SMILES string of the molecule is CCCc1ccc(C)c(C(C)(C)C)c1. The Morgan fingerprint density at radius 2 is 1.79 bits per heavy atom. The standard InChI is InChI=1S/C14H22/c1-6-7-12-9-8-11(2)13(10-12)14(3,4)5/h8-10H,6-7H2,1-5H3. The molecule has 0 radical (unpaired) electrons. The highest BCUT2D eigenvalue weighted by Gasteiger charge is 2.16. The van der Waals surface area contributed by atoms with Gasteiger partial charge in [-0.3, -0.25) is 0 Å². The number of benzene rings is 1. The summed E-state index contributed by atoms with van der Waals surface area (Å²) in [5.74, 6) is 0. The number of hydrogen-bond donors (Lipinski definition) is 0. The van der Waals surface area contributed by atoms with Crippen LogP contribution < -0.4 is 0 Å². The van der Waals surface area contributed by atoms with E-state index in [4.69, 9.17) is 0 Å². The van der Waals surface area contributed by atoms with E-state index < -0.39 is 0 Å². The van der Waals surface area contributed by atoms with Gasteiger partial charge in [0, 0.05) is 0 Å². The molecule has 0 heteroatoms. The number of hydrogen-bond acceptors (Lipinski definition) is 0. The van der Waals surface area contributed by atoms with E-state index in [0.29, 0.717) is 0 Å². The van der Waals surface area contributed by atoms with Crippen molar-refractivity contribution in [3.05, 3.63) is 34.9 Å². The van der Waals surface area contributed by atoms with Gasteiger partial charge < -0.3 is 0 Å². The first-order valence-corrected chi connectivity index (χ1v) is 5.55. The largest absolute Gasteiger partial charge is 0.0651 e. The average Bonchev–Trinajstić information content (AvgIpc) is 2.07. The first kappa shape index (κ1) is 11.3. The van der Waals surface area contributed by atoms with Gasteiger partial charge in [-0.15, -0.1) is 0 Å². The molecule has 0 saturated heterocycles. The third-order valence-corrected chi connectivity index (χ3v) is 2.65. The van der Waals surface area contributed by atoms with Gasteiger partial charge in [-0.25, -0.2) is 0 Å². The van der Waals surface area contributed by atoms with Crippen LogP contribution in [0.4, 0.5) is 0 Å². The van der Waals surface area contributed by atoms with Crippen LogP contribution >= 0.6 is 0 Å². The van der Waals surface area contributed by atoms with Crippen molar-refractivity contribution >= 4 is 0 Å². The molecular formula is C14H22. The van der Waals surface area contributed by atoms with Gasteiger partial charge >= 0.3 is 0 Å². The molecule has 1 aromatic carbocycles. The van der Waals surface area contributed by atoms with Gasteiger partial charge in [0.05, 0.1) is 0 Å². The summed E-state index contributed by atoms with van der Waals surface area (Å²) in [4.78, 5) is 0. The monoisotopic (exact) mass is 190 g/mol. The predicted molar refractivity (Wildman–Crippen MR) is 63.9 cm³/mol. The van der Waals surface area contributed by atoms with Crippen LogP contribution in [-0.4, -0.2) is 0 Å². The molecule has 0 aromatic heterocycles. The van der Waals surface area contributed by atoms with E-state index in [-0.39, 0.29) is 5.41 Å². The maximum absolute atomic E-state index is 2.37. The van der Waals surface area contributed by atoms with Gasteiger partial charge in [0.25, 0.3) is 0 Å². The molecule has 0 amide bonds. The summed E-state index contributed by atoms with van der Waals surface area (Å²) in [5.41, 5.74) is 4.65. The van der Waals surface area contributed by atoms with E-state index in [9.17, 15) is 0 Å². The van der Waals surface area contributed by atoms with Gasteiger partial charge in [-0.2, -0.15) is 0 Å². The second-order valence-corrected chi connectivity index (χ2v) is 5.15. The lowest BCUT2D eigenvalue weighted by molar-refractivity contribution is 0.585. The zero-order valence-electron chi connectivity index (χ0n) is 10.1. The zero-order valence-corrected chi connectivity index (χ0v) is 10.1. The third kappa shape index (κ3) is 2.60. The van der Waals surface area contributed by atoms with Crippen LogP contribution in [0.2, 0.25) is 0 Å². The van der Waals surface area contributed by atoms with E-state index in [1.807, 2.05) is 0 Å². The molecule has 78 valence electrons. The van der Waals surface area contributed by atoms with E-state index >= 15 is 0 Å². The van der Waals surface area contributed by atoms with E-state index in [2.05, 4.69) is 52.8 Å². The van der Waals surface area contributed by atoms with E-state index in [0.717, 1.165) is 0 Å². The Balaban J connectivity index is 3.09. The van der Waals surface area contributed by atoms with Crippen molar-refractivity contribution in [2.75, 3.05) is 0 Å². The van der Waals surface area contributed by atoms with E-state index in [1.165, 1.54) is 29.5 Å². The Morgan fingerprint density at radius 1 is 1.14 bits per heavy atom. The third-order valence-electron chi connectivity index (χ3n) is 2.65. The molecule has 0 aliphatic heterocycles. The van der Waals surface area contributed by atoms with Crippen molar-refractivity contribution < 1.29 is 0 Å². The number of aryl methyl sites for hydroxylation is 2. The second-order valence-electron chi connectivity index (χ2n) is 5.15. The molecule has 0 atom stereocenters. The van der Waals surface area contributed by atoms with Crippen LogP contribution in [0.1, 0.15) is 50.8 Å². The first-order valence-electron chi connectivity index (χ1n) is 5.55. The second kappa shape index (κ2) is 4.16. The maximum atomic E-state index is 2.37. The lowest BCUT2D eigenvalue weighted by atomic mass is 9.83. The van der Waals surface area contributed by atoms with Crippen LogP contribution in [0.25, 0.3) is 0 Å². The first-order chi connectivity index (χ1) is 6.45. The molecule has 0 N–H and O–H groups in total. The highest BCUT2D eigenvalue weighted by atomic mass is 14.2. The Morgan fingerprint density at radius 3 is 2.29 bits per heavy atom. The predicted octanol–water partition coefficient (Wildman–Crippen LogP) is 4.25. The summed E-state index contributed by atoms with van der Waals surface area (Å²) < 4.78 is 0. The lowest BCUT2D eigenvalue weighted by Gasteiger charge is -2.22. The van der Waals surface area contributed by atoms with Crippen LogP contribution in [-0.2, 0) is 11.8 Å². The normalized spacial score (nSPS) is 11.8. The Kier molecular flexibility index (Phi) is 3.36.